The van der Waals surface area contributed by atoms with E-state index in [0.717, 1.165) is 14.8 Å². The van der Waals surface area contributed by atoms with Gasteiger partial charge in [-0.2, -0.15) is 5.26 Å². The van der Waals surface area contributed by atoms with Crippen LogP contribution in [0.5, 0.6) is 5.75 Å². The number of rotatable bonds is 10. The first-order valence-corrected chi connectivity index (χ1v) is 9.14. The molecular weight excluding hydrogens is 356 g/mol. The number of nitrogens with zero attached hydrogens (tertiary/aromatic N) is 2. The summed E-state index contributed by atoms with van der Waals surface area (Å²) in [7, 11) is 0. The van der Waals surface area contributed by atoms with Crippen molar-refractivity contribution in [2.24, 2.45) is 0 Å². The average molecular weight is 377 g/mol. The third-order valence-corrected chi connectivity index (χ3v) is 4.73. The number of aliphatic hydroxyl groups is 1. The van der Waals surface area contributed by atoms with Gasteiger partial charge in [0.25, 0.3) is 0 Å². The predicted molar refractivity (Wildman–Crippen MR) is 102 cm³/mol. The van der Waals surface area contributed by atoms with Crippen molar-refractivity contribution in [2.75, 3.05) is 19.7 Å². The van der Waals surface area contributed by atoms with Gasteiger partial charge < -0.3 is 9.84 Å². The van der Waals surface area contributed by atoms with E-state index in [4.69, 9.17) is 21.6 Å². The highest BCUT2D eigenvalue weighted by Crippen LogP contribution is 2.22. The summed E-state index contributed by atoms with van der Waals surface area (Å²) in [6.45, 7) is 5.84. The van der Waals surface area contributed by atoms with Crippen molar-refractivity contribution in [3.05, 3.63) is 63.8 Å². The Hall–Kier alpha value is -1.84. The molecule has 2 rings (SSSR count). The summed E-state index contributed by atoms with van der Waals surface area (Å²) in [4.78, 5) is 3.24. The largest absolute Gasteiger partial charge is 0.491 e. The van der Waals surface area contributed by atoms with E-state index in [-0.39, 0.29) is 6.61 Å². The lowest BCUT2D eigenvalue weighted by atomic mass is 10.2. The highest BCUT2D eigenvalue weighted by Gasteiger charge is 2.13. The topological polar surface area (TPSA) is 56.5 Å². The number of nitriles is 1. The van der Waals surface area contributed by atoms with Crippen LogP contribution < -0.4 is 4.74 Å². The van der Waals surface area contributed by atoms with Crippen LogP contribution in [0.4, 0.5) is 0 Å². The monoisotopic (exact) mass is 376 g/mol. The normalized spacial score (nSPS) is 11.9. The van der Waals surface area contributed by atoms with Crippen LogP contribution in [0.25, 0.3) is 0 Å². The van der Waals surface area contributed by atoms with E-state index in [2.05, 4.69) is 17.5 Å². The van der Waals surface area contributed by atoms with Crippen LogP contribution in [-0.4, -0.2) is 35.8 Å². The van der Waals surface area contributed by atoms with Gasteiger partial charge in [-0.05, 0) is 29.8 Å². The lowest BCUT2D eigenvalue weighted by Crippen LogP contribution is -2.35. The van der Waals surface area contributed by atoms with Crippen LogP contribution in [0.3, 0.4) is 0 Å². The molecule has 4 nitrogen and oxygen atoms in total. The van der Waals surface area contributed by atoms with Crippen LogP contribution >= 0.6 is 22.9 Å². The van der Waals surface area contributed by atoms with E-state index < -0.39 is 6.10 Å². The Morgan fingerprint density at radius 1 is 1.32 bits per heavy atom. The lowest BCUT2D eigenvalue weighted by molar-refractivity contribution is 0.0699. The molecule has 0 bridgehead atoms. The SMILES string of the molecule is C=CCN(Cc1ccc(Cl)s1)CC(O)COc1ccc(CC#N)cc1. The number of benzene rings is 1. The van der Waals surface area contributed by atoms with Gasteiger partial charge in [0.1, 0.15) is 18.5 Å². The Kier molecular flexibility index (Phi) is 7.96. The summed E-state index contributed by atoms with van der Waals surface area (Å²) in [5.74, 6) is 0.682. The fourth-order valence-electron chi connectivity index (χ4n) is 2.38. The standard InChI is InChI=1S/C19H21ClN2O2S/c1-2-11-22(13-18-7-8-19(20)25-18)12-16(23)14-24-17-5-3-15(4-6-17)9-10-21/h2-8,16,23H,1,9,11-14H2. The molecule has 0 aliphatic carbocycles. The molecule has 0 amide bonds. The van der Waals surface area contributed by atoms with Crippen molar-refractivity contribution in [1.29, 1.82) is 5.26 Å². The summed E-state index contributed by atoms with van der Waals surface area (Å²) in [5, 5.41) is 18.9. The number of hydrogen-bond acceptors (Lipinski definition) is 5. The maximum Gasteiger partial charge on any atom is 0.119 e. The molecule has 0 fully saturated rings. The van der Waals surface area contributed by atoms with Crippen molar-refractivity contribution in [2.45, 2.75) is 19.1 Å². The van der Waals surface area contributed by atoms with Crippen LogP contribution in [0, 0.1) is 11.3 Å². The Bertz CT molecular complexity index is 709. The molecule has 1 N–H and O–H groups in total. The highest BCUT2D eigenvalue weighted by molar-refractivity contribution is 7.16. The number of halogens is 1. The zero-order chi connectivity index (χ0) is 18.1. The van der Waals surface area contributed by atoms with Crippen molar-refractivity contribution in [3.8, 4) is 11.8 Å². The van der Waals surface area contributed by atoms with Crippen LogP contribution in [-0.2, 0) is 13.0 Å². The van der Waals surface area contributed by atoms with Gasteiger partial charge in [0, 0.05) is 24.5 Å². The molecule has 1 aromatic heterocycles. The molecule has 0 radical (unpaired) electrons. The summed E-state index contributed by atoms with van der Waals surface area (Å²) in [6.07, 6.45) is 1.58. The minimum absolute atomic E-state index is 0.205. The molecular formula is C19H21ClN2O2S. The molecule has 1 unspecified atom stereocenters. The molecule has 0 aliphatic heterocycles. The smallest absolute Gasteiger partial charge is 0.119 e. The van der Waals surface area contributed by atoms with Gasteiger partial charge in [-0.15, -0.1) is 17.9 Å². The number of aliphatic hydroxyl groups excluding tert-OH is 1. The summed E-state index contributed by atoms with van der Waals surface area (Å²) in [5.41, 5.74) is 0.946. The van der Waals surface area contributed by atoms with E-state index in [1.807, 2.05) is 42.5 Å². The van der Waals surface area contributed by atoms with Crippen molar-refractivity contribution < 1.29 is 9.84 Å². The first kappa shape index (κ1) is 19.5. The molecule has 0 aliphatic rings. The first-order chi connectivity index (χ1) is 12.1. The number of ether oxygens (including phenoxy) is 1. The fourth-order valence-corrected chi connectivity index (χ4v) is 3.51. The lowest BCUT2D eigenvalue weighted by Gasteiger charge is -2.23. The van der Waals surface area contributed by atoms with E-state index in [1.54, 1.807) is 0 Å². The third-order valence-electron chi connectivity index (χ3n) is 3.51. The Labute approximate surface area is 157 Å². The summed E-state index contributed by atoms with van der Waals surface area (Å²) < 4.78 is 6.39. The van der Waals surface area contributed by atoms with Gasteiger partial charge in [0.2, 0.25) is 0 Å². The number of hydrogen-bond donors (Lipinski definition) is 1. The van der Waals surface area contributed by atoms with Gasteiger partial charge in [0.15, 0.2) is 0 Å². The Morgan fingerprint density at radius 3 is 2.68 bits per heavy atom. The molecule has 0 saturated heterocycles. The Balaban J connectivity index is 1.82. The molecule has 1 atom stereocenters. The van der Waals surface area contributed by atoms with Crippen LogP contribution in [0.15, 0.2) is 49.1 Å². The quantitative estimate of drug-likeness (QED) is 0.639. The van der Waals surface area contributed by atoms with Crippen molar-refractivity contribution in [3.63, 3.8) is 0 Å². The first-order valence-electron chi connectivity index (χ1n) is 7.95. The van der Waals surface area contributed by atoms with Crippen LogP contribution in [0.2, 0.25) is 4.34 Å². The maximum absolute atomic E-state index is 10.3. The minimum atomic E-state index is -0.617. The summed E-state index contributed by atoms with van der Waals surface area (Å²) >= 11 is 7.51. The van der Waals surface area contributed by atoms with Gasteiger partial charge in [-0.1, -0.05) is 29.8 Å². The van der Waals surface area contributed by atoms with Gasteiger partial charge in [-0.25, -0.2) is 0 Å². The van der Waals surface area contributed by atoms with Crippen molar-refractivity contribution >= 4 is 22.9 Å². The van der Waals surface area contributed by atoms with Gasteiger partial charge in [-0.3, -0.25) is 4.90 Å². The van der Waals surface area contributed by atoms with Crippen LogP contribution in [0.1, 0.15) is 10.4 Å². The molecule has 0 saturated carbocycles. The highest BCUT2D eigenvalue weighted by atomic mass is 35.5. The molecule has 6 heteroatoms. The fraction of sp³-hybridized carbons (Fsp3) is 0.316. The molecule has 0 spiro atoms. The summed E-state index contributed by atoms with van der Waals surface area (Å²) in [6, 6.07) is 13.3. The molecule has 132 valence electrons. The van der Waals surface area contributed by atoms with E-state index in [9.17, 15) is 5.11 Å². The second kappa shape index (κ2) is 10.2. The maximum atomic E-state index is 10.3. The minimum Gasteiger partial charge on any atom is -0.491 e. The van der Waals surface area contributed by atoms with Gasteiger partial charge >= 0.3 is 0 Å². The van der Waals surface area contributed by atoms with Crippen molar-refractivity contribution in [1.82, 2.24) is 4.90 Å². The average Bonchev–Trinajstić information content (AvgIpc) is 2.99. The zero-order valence-electron chi connectivity index (χ0n) is 13.9. The van der Waals surface area contributed by atoms with E-state index >= 15 is 0 Å². The van der Waals surface area contributed by atoms with E-state index in [0.29, 0.717) is 31.8 Å². The van der Waals surface area contributed by atoms with E-state index in [1.165, 1.54) is 11.3 Å². The Morgan fingerprint density at radius 2 is 2.08 bits per heavy atom. The second-order valence-electron chi connectivity index (χ2n) is 5.63. The third kappa shape index (κ3) is 6.89. The predicted octanol–water partition coefficient (Wildman–Crippen LogP) is 3.90. The molecule has 25 heavy (non-hydrogen) atoms. The number of thiophene rings is 1. The molecule has 2 aromatic rings. The molecule has 1 aromatic carbocycles. The molecule has 1 heterocycles. The van der Waals surface area contributed by atoms with Gasteiger partial charge in [0.05, 0.1) is 16.8 Å². The second-order valence-corrected chi connectivity index (χ2v) is 7.43. The zero-order valence-corrected chi connectivity index (χ0v) is 15.5.